The minimum Gasteiger partial charge on any atom is -0.870 e. The van der Waals surface area contributed by atoms with E-state index in [0.29, 0.717) is 54.3 Å². The molecule has 0 spiro atoms. The normalized spacial score (nSPS) is 46.1. The van der Waals surface area contributed by atoms with Crippen molar-refractivity contribution >= 4 is 23.5 Å². The van der Waals surface area contributed by atoms with Crippen molar-refractivity contribution in [3.63, 3.8) is 0 Å². The number of Topliss-reactive ketones (excluding diaryl/α,β-unsaturated/α-hetero) is 2. The van der Waals surface area contributed by atoms with Gasteiger partial charge in [0.25, 0.3) is 0 Å². The summed E-state index contributed by atoms with van der Waals surface area (Å²) in [5.41, 5.74) is -1.09. The van der Waals surface area contributed by atoms with Gasteiger partial charge in [0.15, 0.2) is 5.78 Å². The van der Waals surface area contributed by atoms with Crippen LogP contribution < -0.4 is 51.4 Å². The number of esters is 2. The van der Waals surface area contributed by atoms with E-state index in [1.54, 1.807) is 6.92 Å². The molecule has 8 rings (SSSR count). The molecular weight excluding hydrogens is 736 g/mol. The topological polar surface area (TPSA) is 157 Å². The van der Waals surface area contributed by atoms with Gasteiger partial charge in [0.1, 0.15) is 17.3 Å². The number of fused-ring (bicyclic) bond motifs is 10. The number of carbonyl (C=O) groups excluding carboxylic acids is 4. The minimum atomic E-state index is -0.557. The third-order valence-electron chi connectivity index (χ3n) is 17.4. The molecule has 0 saturated heterocycles. The van der Waals surface area contributed by atoms with Crippen LogP contribution >= 0.6 is 0 Å². The zero-order valence-electron chi connectivity index (χ0n) is 36.3. The van der Waals surface area contributed by atoms with Crippen molar-refractivity contribution in [3.05, 3.63) is 0 Å². The number of aliphatic hydroxyl groups excluding tert-OH is 1. The number of ether oxygens (including phenoxy) is 2. The summed E-state index contributed by atoms with van der Waals surface area (Å²) in [7, 11) is 1.00. The molecule has 0 amide bonds. The predicted octanol–water partition coefficient (Wildman–Crippen LogP) is 5.49. The van der Waals surface area contributed by atoms with Gasteiger partial charge in [-0.25, -0.2) is 0 Å². The van der Waals surface area contributed by atoms with E-state index in [2.05, 4.69) is 20.8 Å². The van der Waals surface area contributed by atoms with Gasteiger partial charge in [-0.1, -0.05) is 13.8 Å². The minimum absolute atomic E-state index is 0. The van der Waals surface area contributed by atoms with Gasteiger partial charge in [0, 0.05) is 31.3 Å². The number of rotatable bonds is 3. The number of carbonyl (C=O) groups is 4. The van der Waals surface area contributed by atoms with E-state index >= 15 is 0 Å². The largest absolute Gasteiger partial charge is 1.00 e. The van der Waals surface area contributed by atoms with Crippen molar-refractivity contribution in [3.8, 4) is 0 Å². The van der Waals surface area contributed by atoms with Gasteiger partial charge in [-0.3, -0.25) is 19.2 Å². The first-order valence-corrected chi connectivity index (χ1v) is 22.2. The van der Waals surface area contributed by atoms with E-state index in [4.69, 9.17) is 14.6 Å². The molecule has 1 unspecified atom stereocenters. The monoisotopic (exact) mass is 811 g/mol. The molecule has 0 heterocycles. The van der Waals surface area contributed by atoms with Crippen molar-refractivity contribution in [1.29, 1.82) is 0 Å². The van der Waals surface area contributed by atoms with Gasteiger partial charge in [-0.2, -0.15) is 0 Å². The molecule has 10 heteroatoms. The van der Waals surface area contributed by atoms with Gasteiger partial charge in [-0.15, -0.1) is 0 Å². The van der Waals surface area contributed by atoms with Crippen LogP contribution in [-0.4, -0.2) is 64.1 Å². The Hall–Kier alpha value is -0.204. The summed E-state index contributed by atoms with van der Waals surface area (Å²) in [5.74, 6) is 6.53. The van der Waals surface area contributed by atoms with E-state index in [-0.39, 0.29) is 91.0 Å². The summed E-state index contributed by atoms with van der Waals surface area (Å²) >= 11 is 0. The Morgan fingerprint density at radius 2 is 1.21 bits per heavy atom. The average Bonchev–Trinajstić information content (AvgIpc) is 3.12. The van der Waals surface area contributed by atoms with Crippen LogP contribution in [0.3, 0.4) is 0 Å². The maximum atomic E-state index is 13.4. The number of aliphatic hydroxyl groups is 2. The van der Waals surface area contributed by atoms with Crippen LogP contribution in [-0.2, 0) is 28.7 Å². The van der Waals surface area contributed by atoms with Crippen LogP contribution in [0.5, 0.6) is 0 Å². The fourth-order valence-electron chi connectivity index (χ4n) is 15.1. The summed E-state index contributed by atoms with van der Waals surface area (Å²) in [6.45, 7) is 12.2. The second-order valence-electron chi connectivity index (χ2n) is 20.4. The van der Waals surface area contributed by atoms with Crippen LogP contribution in [0.15, 0.2) is 0 Å². The van der Waals surface area contributed by atoms with Crippen LogP contribution in [0.4, 0.5) is 0 Å². The molecule has 8 aliphatic carbocycles. The number of hydrogen-bond donors (Lipinski definition) is 2. The standard InChI is InChI=1S/C25H38O5.C20H32O2.CH4O.K.H2O/c1-5-29-23(28)20-8-9-21-19-7-6-16-14-24(3,30-15(2)26)12-10-17(16)18(19)11-13-25(21,4)22(20)27;1-19(22)10-8-14-13(12-19)6-7-16-15(14)9-11-20(2)17(16)4-3-5-18(20)21;1-2;;/h16-21H,5-14H2,1-4H3;13-17,22H,3-12H2,1-2H3;2H,1H3;;1H2/q;;;+1;/p-1/t16-,17+,18-,19-,20?,21+,24-,25+;13-,14+,15-,16-,17+,19-,20+;;;/m11.../s1. The smallest absolute Gasteiger partial charge is 0.870 e. The molecule has 0 radical (unpaired) electrons. The molecule has 8 fully saturated rings. The molecule has 0 bridgehead atoms. The summed E-state index contributed by atoms with van der Waals surface area (Å²) in [6.07, 6.45) is 20.5. The van der Waals surface area contributed by atoms with Crippen molar-refractivity contribution in [2.45, 2.75) is 175 Å². The van der Waals surface area contributed by atoms with Crippen LogP contribution in [0.25, 0.3) is 0 Å². The molecule has 0 aromatic carbocycles. The third kappa shape index (κ3) is 9.33. The fourth-order valence-corrected chi connectivity index (χ4v) is 15.1. The first-order valence-electron chi connectivity index (χ1n) is 22.2. The van der Waals surface area contributed by atoms with E-state index in [9.17, 15) is 24.3 Å². The molecular formula is C46H75KO9. The van der Waals surface area contributed by atoms with Gasteiger partial charge in [0.2, 0.25) is 0 Å². The Morgan fingerprint density at radius 3 is 1.80 bits per heavy atom. The van der Waals surface area contributed by atoms with E-state index < -0.39 is 11.5 Å². The molecule has 56 heavy (non-hydrogen) atoms. The Morgan fingerprint density at radius 1 is 0.679 bits per heavy atom. The molecule has 8 aliphatic rings. The maximum Gasteiger partial charge on any atom is 1.00 e. The molecule has 0 aromatic rings. The molecule has 0 aliphatic heterocycles. The fraction of sp³-hybridized carbons (Fsp3) is 0.913. The molecule has 9 nitrogen and oxygen atoms in total. The van der Waals surface area contributed by atoms with Gasteiger partial charge in [0.05, 0.1) is 12.2 Å². The Bertz CT molecular complexity index is 1400. The average molecular weight is 811 g/mol. The second-order valence-corrected chi connectivity index (χ2v) is 20.4. The first kappa shape index (κ1) is 48.5. The van der Waals surface area contributed by atoms with Crippen molar-refractivity contribution in [1.82, 2.24) is 0 Å². The maximum absolute atomic E-state index is 13.4. The van der Waals surface area contributed by atoms with Crippen molar-refractivity contribution in [2.24, 2.45) is 75.9 Å². The quantitative estimate of drug-likeness (QED) is 0.214. The van der Waals surface area contributed by atoms with Crippen molar-refractivity contribution < 1.29 is 95.7 Å². The summed E-state index contributed by atoms with van der Waals surface area (Å²) < 4.78 is 10.9. The zero-order valence-corrected chi connectivity index (χ0v) is 39.4. The first-order chi connectivity index (χ1) is 25.6. The van der Waals surface area contributed by atoms with Gasteiger partial charge in [-0.05, 0) is 196 Å². The van der Waals surface area contributed by atoms with Crippen LogP contribution in [0, 0.1) is 75.9 Å². The van der Waals surface area contributed by atoms with E-state index in [0.717, 1.165) is 101 Å². The van der Waals surface area contributed by atoms with Crippen LogP contribution in [0.2, 0.25) is 0 Å². The predicted molar refractivity (Wildman–Crippen MR) is 210 cm³/mol. The van der Waals surface area contributed by atoms with Gasteiger partial charge < -0.3 is 25.2 Å². The van der Waals surface area contributed by atoms with Crippen LogP contribution in [0.1, 0.15) is 164 Å². The van der Waals surface area contributed by atoms with E-state index in [1.165, 1.54) is 51.9 Å². The number of hydrogen-bond acceptors (Lipinski definition) is 9. The molecule has 3 N–H and O–H groups in total. The molecule has 0 aromatic heterocycles. The van der Waals surface area contributed by atoms with Gasteiger partial charge >= 0.3 is 63.3 Å². The molecule has 8 saturated carbocycles. The second kappa shape index (κ2) is 19.2. The molecule has 15 atom stereocenters. The summed E-state index contributed by atoms with van der Waals surface area (Å²) in [4.78, 5) is 49.9. The van der Waals surface area contributed by atoms with E-state index in [1.807, 2.05) is 6.92 Å². The Kier molecular flexibility index (Phi) is 16.6. The SMILES string of the molecule is CCOC(=O)C1CC[C@H]2[C@@H]3CC[C@@H]4C[C@](C)(OC(C)=O)CC[C@@H]4[C@H]3CC[C@]2(C)C1=O.CO.C[C@@]1(O)CC[C@H]2[C@H](CC[C@@H]3[C@@H]2CC[C@]2(C)C(=O)CCC[C@@H]32)C1.[K+].[OH-]. The Balaban J connectivity index is 0.000000239. The summed E-state index contributed by atoms with van der Waals surface area (Å²) in [6, 6.07) is 0. The Labute approximate surface area is 380 Å². The van der Waals surface area contributed by atoms with Crippen molar-refractivity contribution in [2.75, 3.05) is 13.7 Å². The number of ketones is 2. The summed E-state index contributed by atoms with van der Waals surface area (Å²) in [5, 5.41) is 17.4. The third-order valence-corrected chi connectivity index (χ3v) is 17.4. The zero-order chi connectivity index (χ0) is 39.2. The molecule has 314 valence electrons.